The van der Waals surface area contributed by atoms with Crippen LogP contribution in [0.5, 0.6) is 0 Å². The van der Waals surface area contributed by atoms with Crippen molar-refractivity contribution in [1.29, 1.82) is 0 Å². The van der Waals surface area contributed by atoms with Crippen molar-refractivity contribution < 1.29 is 14.4 Å². The number of urea groups is 1. The van der Waals surface area contributed by atoms with Gasteiger partial charge in [0.25, 0.3) is 5.91 Å². The van der Waals surface area contributed by atoms with E-state index >= 15 is 0 Å². The average Bonchev–Trinajstić information content (AvgIpc) is 3.40. The molecule has 1 aliphatic rings. The van der Waals surface area contributed by atoms with Crippen LogP contribution in [0.4, 0.5) is 10.6 Å². The molecule has 0 radical (unpaired) electrons. The van der Waals surface area contributed by atoms with Crippen molar-refractivity contribution in [3.05, 3.63) is 102 Å². The van der Waals surface area contributed by atoms with Crippen molar-refractivity contribution in [3.8, 4) is 16.9 Å². The number of para-hydroxylation sites is 1. The van der Waals surface area contributed by atoms with E-state index < -0.39 is 29.9 Å². The van der Waals surface area contributed by atoms with Crippen molar-refractivity contribution in [2.24, 2.45) is 0 Å². The Bertz CT molecular complexity index is 1430. The highest BCUT2D eigenvalue weighted by Gasteiger charge is 2.49. The van der Waals surface area contributed by atoms with E-state index in [0.29, 0.717) is 17.1 Å². The third-order valence-electron chi connectivity index (χ3n) is 6.25. The molecule has 8 nitrogen and oxygen atoms in total. The van der Waals surface area contributed by atoms with Gasteiger partial charge in [-0.15, -0.1) is 0 Å². The number of aryl methyl sites for hydroxylation is 1. The molecule has 2 N–H and O–H groups in total. The number of hydrogen-bond acceptors (Lipinski definition) is 4. The van der Waals surface area contributed by atoms with Gasteiger partial charge in [0.15, 0.2) is 0 Å². The maximum atomic E-state index is 13.2. The molecule has 36 heavy (non-hydrogen) atoms. The number of amides is 4. The minimum absolute atomic E-state index is 0.424. The van der Waals surface area contributed by atoms with Crippen LogP contribution >= 0.6 is 0 Å². The van der Waals surface area contributed by atoms with Crippen molar-refractivity contribution >= 4 is 23.7 Å². The van der Waals surface area contributed by atoms with Gasteiger partial charge in [0.05, 0.1) is 11.4 Å². The van der Waals surface area contributed by atoms with Crippen LogP contribution in [0.2, 0.25) is 0 Å². The molecule has 1 unspecified atom stereocenters. The first-order chi connectivity index (χ1) is 17.3. The molecule has 4 amide bonds. The van der Waals surface area contributed by atoms with E-state index in [1.165, 1.54) is 0 Å². The van der Waals surface area contributed by atoms with Crippen LogP contribution in [-0.2, 0) is 15.1 Å². The molecule has 3 aromatic carbocycles. The Morgan fingerprint density at radius 1 is 0.944 bits per heavy atom. The zero-order valence-electron chi connectivity index (χ0n) is 19.9. The maximum absolute atomic E-state index is 13.2. The van der Waals surface area contributed by atoms with Crippen LogP contribution in [-0.4, -0.2) is 39.1 Å². The molecule has 4 aromatic rings. The summed E-state index contributed by atoms with van der Waals surface area (Å²) in [4.78, 5) is 39.8. The van der Waals surface area contributed by atoms with E-state index in [1.807, 2.05) is 67.6 Å². The molecule has 0 bridgehead atoms. The summed E-state index contributed by atoms with van der Waals surface area (Å²) in [6, 6.07) is 27.5. The smallest absolute Gasteiger partial charge is 0.319 e. The molecule has 1 aromatic heterocycles. The number of benzene rings is 3. The molecule has 0 aliphatic carbocycles. The van der Waals surface area contributed by atoms with E-state index in [1.54, 1.807) is 41.9 Å². The fourth-order valence-corrected chi connectivity index (χ4v) is 4.24. The Labute approximate surface area is 208 Å². The molecular weight excluding hydrogens is 454 g/mol. The van der Waals surface area contributed by atoms with Crippen LogP contribution in [0.1, 0.15) is 18.1 Å². The zero-order chi connectivity index (χ0) is 25.3. The molecule has 180 valence electrons. The third-order valence-corrected chi connectivity index (χ3v) is 6.25. The lowest BCUT2D eigenvalue weighted by atomic mass is 9.92. The van der Waals surface area contributed by atoms with Gasteiger partial charge in [-0.1, -0.05) is 78.4 Å². The van der Waals surface area contributed by atoms with Gasteiger partial charge >= 0.3 is 6.03 Å². The standard InChI is InChI=1S/C28H25N5O3/c1-19-13-15-20(16-14-19)23-17-24(33(31-23)22-11-7-4-8-12-22)29-25(34)18-32-26(35)28(2,30-27(32)36)21-9-5-3-6-10-21/h3-17H,18H2,1-2H3,(H,29,34)(H,30,36). The SMILES string of the molecule is Cc1ccc(-c2cc(NC(=O)CN3C(=O)NC(C)(c4ccccc4)C3=O)n(-c3ccccc3)n2)cc1. The first-order valence-electron chi connectivity index (χ1n) is 11.6. The summed E-state index contributed by atoms with van der Waals surface area (Å²) in [5.41, 5.74) is 2.89. The number of carbonyl (C=O) groups excluding carboxylic acids is 3. The van der Waals surface area contributed by atoms with Crippen LogP contribution in [0.15, 0.2) is 91.0 Å². The second kappa shape index (κ2) is 9.14. The third kappa shape index (κ3) is 4.24. The Morgan fingerprint density at radius 2 is 1.58 bits per heavy atom. The van der Waals surface area contributed by atoms with Crippen LogP contribution in [0.3, 0.4) is 0 Å². The maximum Gasteiger partial charge on any atom is 0.325 e. The molecule has 2 heterocycles. The fourth-order valence-electron chi connectivity index (χ4n) is 4.24. The molecule has 5 rings (SSSR count). The molecule has 1 saturated heterocycles. The van der Waals surface area contributed by atoms with Crippen LogP contribution in [0.25, 0.3) is 16.9 Å². The van der Waals surface area contributed by atoms with E-state index in [0.717, 1.165) is 21.7 Å². The van der Waals surface area contributed by atoms with E-state index in [4.69, 9.17) is 5.10 Å². The van der Waals surface area contributed by atoms with Crippen molar-refractivity contribution in [3.63, 3.8) is 0 Å². The quantitative estimate of drug-likeness (QED) is 0.404. The summed E-state index contributed by atoms with van der Waals surface area (Å²) in [6.45, 7) is 3.22. The fraction of sp³-hybridized carbons (Fsp3) is 0.143. The Kier molecular flexibility index (Phi) is 5.85. The van der Waals surface area contributed by atoms with Crippen molar-refractivity contribution in [1.82, 2.24) is 20.0 Å². The number of nitrogens with zero attached hydrogens (tertiary/aromatic N) is 3. The van der Waals surface area contributed by atoms with Gasteiger partial charge in [-0.25, -0.2) is 9.48 Å². The van der Waals surface area contributed by atoms with E-state index in [2.05, 4.69) is 10.6 Å². The lowest BCUT2D eigenvalue weighted by Crippen LogP contribution is -2.42. The minimum Gasteiger partial charge on any atom is -0.319 e. The number of rotatable bonds is 6. The van der Waals surface area contributed by atoms with Gasteiger partial charge in [0, 0.05) is 11.6 Å². The molecule has 1 atom stereocenters. The number of anilines is 1. The molecule has 0 spiro atoms. The van der Waals surface area contributed by atoms with Crippen LogP contribution in [0, 0.1) is 6.92 Å². The summed E-state index contributed by atoms with van der Waals surface area (Å²) < 4.78 is 1.63. The summed E-state index contributed by atoms with van der Waals surface area (Å²) in [6.07, 6.45) is 0. The second-order valence-corrected chi connectivity index (χ2v) is 8.89. The predicted molar refractivity (Wildman–Crippen MR) is 136 cm³/mol. The van der Waals surface area contributed by atoms with E-state index in [9.17, 15) is 14.4 Å². The van der Waals surface area contributed by atoms with Gasteiger partial charge in [0.2, 0.25) is 5.91 Å². The van der Waals surface area contributed by atoms with Crippen LogP contribution < -0.4 is 10.6 Å². The Hall–Kier alpha value is -4.72. The number of carbonyl (C=O) groups is 3. The molecular formula is C28H25N5O3. The minimum atomic E-state index is -1.23. The molecule has 1 fully saturated rings. The molecule has 8 heteroatoms. The lowest BCUT2D eigenvalue weighted by molar-refractivity contribution is -0.133. The first-order valence-corrected chi connectivity index (χ1v) is 11.6. The summed E-state index contributed by atoms with van der Waals surface area (Å²) in [7, 11) is 0. The number of aromatic nitrogens is 2. The predicted octanol–water partition coefficient (Wildman–Crippen LogP) is 4.25. The van der Waals surface area contributed by atoms with Crippen molar-refractivity contribution in [2.75, 3.05) is 11.9 Å². The summed E-state index contributed by atoms with van der Waals surface area (Å²) >= 11 is 0. The first kappa shape index (κ1) is 23.0. The normalized spacial score (nSPS) is 17.2. The van der Waals surface area contributed by atoms with Gasteiger partial charge in [-0.3, -0.25) is 14.5 Å². The van der Waals surface area contributed by atoms with Gasteiger partial charge in [-0.05, 0) is 31.5 Å². The Morgan fingerprint density at radius 3 is 2.25 bits per heavy atom. The Balaban J connectivity index is 1.40. The average molecular weight is 480 g/mol. The summed E-state index contributed by atoms with van der Waals surface area (Å²) in [5, 5.41) is 10.3. The van der Waals surface area contributed by atoms with E-state index in [-0.39, 0.29) is 0 Å². The van der Waals surface area contributed by atoms with Gasteiger partial charge in [-0.2, -0.15) is 5.10 Å². The van der Waals surface area contributed by atoms with Crippen molar-refractivity contribution in [2.45, 2.75) is 19.4 Å². The highest BCUT2D eigenvalue weighted by atomic mass is 16.2. The molecule has 0 saturated carbocycles. The largest absolute Gasteiger partial charge is 0.325 e. The topological polar surface area (TPSA) is 96.3 Å². The van der Waals surface area contributed by atoms with Gasteiger partial charge in [0.1, 0.15) is 17.9 Å². The lowest BCUT2D eigenvalue weighted by Gasteiger charge is -2.22. The highest BCUT2D eigenvalue weighted by molar-refractivity contribution is 6.10. The zero-order valence-corrected chi connectivity index (χ0v) is 19.9. The van der Waals surface area contributed by atoms with Gasteiger partial charge < -0.3 is 10.6 Å². The summed E-state index contributed by atoms with van der Waals surface area (Å²) in [5.74, 6) is -0.561. The number of hydrogen-bond donors (Lipinski definition) is 2. The monoisotopic (exact) mass is 479 g/mol. The second-order valence-electron chi connectivity index (χ2n) is 8.89. The number of nitrogens with one attached hydrogen (secondary N) is 2. The molecule has 1 aliphatic heterocycles. The highest BCUT2D eigenvalue weighted by Crippen LogP contribution is 2.29. The number of imide groups is 1.